The predicted octanol–water partition coefficient (Wildman–Crippen LogP) is 4.30. The maximum Gasteiger partial charge on any atom is 0.234 e. The quantitative estimate of drug-likeness (QED) is 0.386. The van der Waals surface area contributed by atoms with E-state index in [4.69, 9.17) is 4.74 Å². The van der Waals surface area contributed by atoms with Crippen LogP contribution in [0.1, 0.15) is 30.9 Å². The van der Waals surface area contributed by atoms with Crippen LogP contribution in [-0.2, 0) is 17.8 Å². The van der Waals surface area contributed by atoms with Crippen LogP contribution in [0.3, 0.4) is 0 Å². The fourth-order valence-corrected chi connectivity index (χ4v) is 4.99. The fourth-order valence-electron chi connectivity index (χ4n) is 4.19. The molecule has 1 N–H and O–H groups in total. The van der Waals surface area contributed by atoms with Crippen molar-refractivity contribution in [2.24, 2.45) is 0 Å². The minimum Gasteiger partial charge on any atom is -0.497 e. The Kier molecular flexibility index (Phi) is 6.80. The number of hydrogen-bond acceptors (Lipinski definition) is 7. The van der Waals surface area contributed by atoms with E-state index in [-0.39, 0.29) is 11.7 Å². The summed E-state index contributed by atoms with van der Waals surface area (Å²) in [5, 5.41) is 20.8. The summed E-state index contributed by atoms with van der Waals surface area (Å²) in [4.78, 5) is 12.6. The van der Waals surface area contributed by atoms with Gasteiger partial charge in [-0.25, -0.2) is 0 Å². The number of aromatic nitrogens is 6. The van der Waals surface area contributed by atoms with Gasteiger partial charge in [-0.05, 0) is 68.3 Å². The minimum atomic E-state index is -0.110. The summed E-state index contributed by atoms with van der Waals surface area (Å²) in [5.74, 6) is 3.58. The molecule has 9 nitrogen and oxygen atoms in total. The number of benzene rings is 2. The molecule has 35 heavy (non-hydrogen) atoms. The van der Waals surface area contributed by atoms with Gasteiger partial charge in [0.15, 0.2) is 11.0 Å². The highest BCUT2D eigenvalue weighted by molar-refractivity contribution is 7.99. The Morgan fingerprint density at radius 2 is 1.80 bits per heavy atom. The molecule has 2 aromatic carbocycles. The van der Waals surface area contributed by atoms with Crippen molar-refractivity contribution in [3.05, 3.63) is 60.2 Å². The van der Waals surface area contributed by atoms with Gasteiger partial charge in [-0.15, -0.1) is 20.4 Å². The number of nitrogens with one attached hydrogen (secondary N) is 1. The van der Waals surface area contributed by atoms with Crippen LogP contribution in [-0.4, -0.2) is 48.3 Å². The smallest absolute Gasteiger partial charge is 0.234 e. The highest BCUT2D eigenvalue weighted by Gasteiger charge is 2.17. The van der Waals surface area contributed by atoms with Gasteiger partial charge in [0.1, 0.15) is 17.4 Å². The molecule has 0 radical (unpaired) electrons. The molecular weight excluding hydrogens is 462 g/mol. The predicted molar refractivity (Wildman–Crippen MR) is 135 cm³/mol. The van der Waals surface area contributed by atoms with Gasteiger partial charge in [0, 0.05) is 29.9 Å². The third-order valence-corrected chi connectivity index (χ3v) is 6.92. The summed E-state index contributed by atoms with van der Waals surface area (Å²) in [7, 11) is 1.63. The van der Waals surface area contributed by atoms with Crippen molar-refractivity contribution in [2.75, 3.05) is 18.2 Å². The molecule has 0 saturated carbocycles. The lowest BCUT2D eigenvalue weighted by atomic mass is 10.2. The van der Waals surface area contributed by atoms with Crippen LogP contribution in [0, 0.1) is 6.92 Å². The van der Waals surface area contributed by atoms with Crippen molar-refractivity contribution in [1.29, 1.82) is 0 Å². The lowest BCUT2D eigenvalue weighted by Crippen LogP contribution is -2.14. The Hall–Kier alpha value is -3.66. The maximum atomic E-state index is 12.6. The zero-order chi connectivity index (χ0) is 24.2. The SMILES string of the molecule is COc1ccc(-n2c(C)nnc2SCC(=O)Nc2ccc(-c3nnc4n3CCCCC4)cc2)cc1. The van der Waals surface area contributed by atoms with Crippen LogP contribution in [0.5, 0.6) is 5.75 Å². The maximum absolute atomic E-state index is 12.6. The molecule has 1 amide bonds. The number of nitrogens with zero attached hydrogens (tertiary/aromatic N) is 6. The summed E-state index contributed by atoms with van der Waals surface area (Å²) >= 11 is 1.34. The van der Waals surface area contributed by atoms with Crippen LogP contribution in [0.15, 0.2) is 53.7 Å². The second-order valence-corrected chi connectivity index (χ2v) is 9.32. The third kappa shape index (κ3) is 5.07. The van der Waals surface area contributed by atoms with E-state index in [2.05, 4.69) is 30.3 Å². The zero-order valence-corrected chi connectivity index (χ0v) is 20.6. The number of carbonyl (C=O) groups excluding carboxylic acids is 1. The van der Waals surface area contributed by atoms with Gasteiger partial charge in [-0.2, -0.15) is 0 Å². The molecule has 5 rings (SSSR count). The molecule has 1 aliphatic rings. The number of carbonyl (C=O) groups is 1. The highest BCUT2D eigenvalue weighted by atomic mass is 32.2. The molecule has 0 fully saturated rings. The number of ether oxygens (including phenoxy) is 1. The van der Waals surface area contributed by atoms with Crippen molar-refractivity contribution in [1.82, 2.24) is 29.5 Å². The number of methoxy groups -OCH3 is 1. The van der Waals surface area contributed by atoms with Crippen LogP contribution in [0.4, 0.5) is 5.69 Å². The molecule has 0 bridgehead atoms. The second kappa shape index (κ2) is 10.3. The van der Waals surface area contributed by atoms with Gasteiger partial charge in [0.2, 0.25) is 5.91 Å². The van der Waals surface area contributed by atoms with Crippen molar-refractivity contribution in [3.63, 3.8) is 0 Å². The average molecular weight is 490 g/mol. The normalized spacial score (nSPS) is 13.2. The van der Waals surface area contributed by atoms with Crippen LogP contribution < -0.4 is 10.1 Å². The molecule has 0 aliphatic carbocycles. The Morgan fingerprint density at radius 3 is 2.57 bits per heavy atom. The highest BCUT2D eigenvalue weighted by Crippen LogP contribution is 2.26. The van der Waals surface area contributed by atoms with Gasteiger partial charge < -0.3 is 14.6 Å². The average Bonchev–Trinajstić information content (AvgIpc) is 3.37. The van der Waals surface area contributed by atoms with Gasteiger partial charge in [0.05, 0.1) is 12.9 Å². The first-order chi connectivity index (χ1) is 17.1. The van der Waals surface area contributed by atoms with E-state index in [9.17, 15) is 4.79 Å². The summed E-state index contributed by atoms with van der Waals surface area (Å²) in [6.07, 6.45) is 4.51. The van der Waals surface area contributed by atoms with E-state index in [0.717, 1.165) is 66.0 Å². The second-order valence-electron chi connectivity index (χ2n) is 8.38. The number of hydrogen-bond donors (Lipinski definition) is 1. The Labute approximate surface area is 207 Å². The number of thioether (sulfide) groups is 1. The first kappa shape index (κ1) is 23.1. The summed E-state index contributed by atoms with van der Waals surface area (Å²) < 4.78 is 9.38. The molecule has 4 aromatic rings. The van der Waals surface area contributed by atoms with E-state index in [1.807, 2.05) is 60.0 Å². The van der Waals surface area contributed by atoms with Crippen molar-refractivity contribution in [3.8, 4) is 22.8 Å². The molecule has 0 saturated heterocycles. The first-order valence-electron chi connectivity index (χ1n) is 11.6. The molecule has 0 atom stereocenters. The van der Waals surface area contributed by atoms with Gasteiger partial charge >= 0.3 is 0 Å². The minimum absolute atomic E-state index is 0.110. The Balaban J connectivity index is 1.22. The number of amides is 1. The first-order valence-corrected chi connectivity index (χ1v) is 12.6. The molecule has 0 unspecified atom stereocenters. The van der Waals surface area contributed by atoms with Crippen LogP contribution >= 0.6 is 11.8 Å². The van der Waals surface area contributed by atoms with E-state index >= 15 is 0 Å². The van der Waals surface area contributed by atoms with Gasteiger partial charge in [-0.1, -0.05) is 18.2 Å². The number of aryl methyl sites for hydroxylation is 2. The lowest BCUT2D eigenvalue weighted by molar-refractivity contribution is -0.113. The number of fused-ring (bicyclic) bond motifs is 1. The van der Waals surface area contributed by atoms with E-state index in [0.29, 0.717) is 5.16 Å². The van der Waals surface area contributed by atoms with Gasteiger partial charge in [-0.3, -0.25) is 9.36 Å². The topological polar surface area (TPSA) is 99.8 Å². The molecule has 3 heterocycles. The fraction of sp³-hybridized carbons (Fsp3) is 0.320. The Morgan fingerprint density at radius 1 is 1.00 bits per heavy atom. The third-order valence-electron chi connectivity index (χ3n) is 5.99. The monoisotopic (exact) mass is 489 g/mol. The van der Waals surface area contributed by atoms with Crippen molar-refractivity contribution < 1.29 is 9.53 Å². The summed E-state index contributed by atoms with van der Waals surface area (Å²) in [6, 6.07) is 15.4. The van der Waals surface area contributed by atoms with Crippen LogP contribution in [0.2, 0.25) is 0 Å². The number of rotatable bonds is 7. The zero-order valence-electron chi connectivity index (χ0n) is 19.8. The molecule has 180 valence electrons. The molecule has 1 aliphatic heterocycles. The standard InChI is InChI=1S/C25H27N7O2S/c1-17-27-30-25(32(17)20-11-13-21(34-2)14-12-20)35-16-23(33)26-19-9-7-18(8-10-19)24-29-28-22-6-4-3-5-15-31(22)24/h7-14H,3-6,15-16H2,1-2H3,(H,26,33). The van der Waals surface area contributed by atoms with E-state index in [1.54, 1.807) is 7.11 Å². The van der Waals surface area contributed by atoms with Crippen LogP contribution in [0.25, 0.3) is 17.1 Å². The largest absolute Gasteiger partial charge is 0.497 e. The van der Waals surface area contributed by atoms with E-state index in [1.165, 1.54) is 18.2 Å². The molecule has 0 spiro atoms. The summed E-state index contributed by atoms with van der Waals surface area (Å²) in [6.45, 7) is 2.84. The summed E-state index contributed by atoms with van der Waals surface area (Å²) in [5.41, 5.74) is 2.65. The molecule has 10 heteroatoms. The van der Waals surface area contributed by atoms with E-state index < -0.39 is 0 Å². The van der Waals surface area contributed by atoms with Crippen molar-refractivity contribution >= 4 is 23.4 Å². The Bertz CT molecular complexity index is 1310. The van der Waals surface area contributed by atoms with Crippen molar-refractivity contribution in [2.45, 2.75) is 44.3 Å². The van der Waals surface area contributed by atoms with Gasteiger partial charge in [0.25, 0.3) is 0 Å². The molecular formula is C25H27N7O2S. The lowest BCUT2D eigenvalue weighted by Gasteiger charge is -2.10. The molecule has 2 aromatic heterocycles. The number of anilines is 1.